The average molecular weight is 212 g/mol. The van der Waals surface area contributed by atoms with Crippen LogP contribution >= 0.6 is 11.6 Å². The Balaban J connectivity index is 2.15. The van der Waals surface area contributed by atoms with Gasteiger partial charge in [0, 0.05) is 12.2 Å². The minimum absolute atomic E-state index is 0.511. The summed E-state index contributed by atoms with van der Waals surface area (Å²) in [6, 6.07) is 0.511. The second-order valence-electron chi connectivity index (χ2n) is 3.89. The summed E-state index contributed by atoms with van der Waals surface area (Å²) in [7, 11) is 0. The van der Waals surface area contributed by atoms with Gasteiger partial charge in [-0.15, -0.1) is 0 Å². The fraction of sp³-hybridized carbons (Fsp3) is 0.500. The Labute approximate surface area is 88.7 Å². The van der Waals surface area contributed by atoms with Gasteiger partial charge in [0.25, 0.3) is 0 Å². The Morgan fingerprint density at radius 1 is 1.50 bits per heavy atom. The lowest BCUT2D eigenvalue weighted by atomic mass is 9.81. The molecule has 4 heteroatoms. The van der Waals surface area contributed by atoms with Crippen molar-refractivity contribution in [1.82, 2.24) is 4.98 Å². The zero-order valence-electron chi connectivity index (χ0n) is 8.13. The van der Waals surface area contributed by atoms with Crippen LogP contribution in [0.1, 0.15) is 19.8 Å². The van der Waals surface area contributed by atoms with Crippen LogP contribution in [-0.4, -0.2) is 11.0 Å². The molecule has 0 aromatic carbocycles. The maximum atomic E-state index is 6.00. The van der Waals surface area contributed by atoms with Gasteiger partial charge in [-0.05, 0) is 18.8 Å². The molecule has 0 bridgehead atoms. The van der Waals surface area contributed by atoms with E-state index in [4.69, 9.17) is 17.3 Å². The standard InChI is InChI=1S/C10H14ClN3/c1-6-2-3-9(6)14-10-7(11)4-13-5-8(10)12/h4-6,9H,2-3,12H2,1H3,(H,13,14). The summed E-state index contributed by atoms with van der Waals surface area (Å²) in [5.74, 6) is 0.707. The van der Waals surface area contributed by atoms with E-state index in [2.05, 4.69) is 17.2 Å². The van der Waals surface area contributed by atoms with Crippen LogP contribution in [0.25, 0.3) is 0 Å². The van der Waals surface area contributed by atoms with Gasteiger partial charge >= 0.3 is 0 Å². The van der Waals surface area contributed by atoms with Crippen molar-refractivity contribution in [2.75, 3.05) is 11.1 Å². The molecule has 3 N–H and O–H groups in total. The van der Waals surface area contributed by atoms with E-state index in [-0.39, 0.29) is 0 Å². The number of pyridine rings is 1. The van der Waals surface area contributed by atoms with E-state index < -0.39 is 0 Å². The lowest BCUT2D eigenvalue weighted by Gasteiger charge is -2.35. The van der Waals surface area contributed by atoms with Crippen LogP contribution in [0.4, 0.5) is 11.4 Å². The summed E-state index contributed by atoms with van der Waals surface area (Å²) in [5.41, 5.74) is 7.24. The number of nitrogens with zero attached hydrogens (tertiary/aromatic N) is 1. The molecule has 0 saturated heterocycles. The molecule has 0 radical (unpaired) electrons. The Hall–Kier alpha value is -0.960. The van der Waals surface area contributed by atoms with Crippen molar-refractivity contribution < 1.29 is 0 Å². The molecule has 1 aromatic heterocycles. The summed E-state index contributed by atoms with van der Waals surface area (Å²) < 4.78 is 0. The molecule has 0 aliphatic heterocycles. The molecule has 14 heavy (non-hydrogen) atoms. The first-order valence-electron chi connectivity index (χ1n) is 4.84. The Bertz CT molecular complexity index is 320. The Kier molecular flexibility index (Phi) is 2.50. The monoisotopic (exact) mass is 211 g/mol. The Morgan fingerprint density at radius 3 is 2.79 bits per heavy atom. The fourth-order valence-electron chi connectivity index (χ4n) is 1.67. The summed E-state index contributed by atoms with van der Waals surface area (Å²) in [5, 5.41) is 3.97. The fourth-order valence-corrected chi connectivity index (χ4v) is 1.89. The Morgan fingerprint density at radius 2 is 2.29 bits per heavy atom. The van der Waals surface area contributed by atoms with Crippen LogP contribution in [-0.2, 0) is 0 Å². The van der Waals surface area contributed by atoms with Crippen LogP contribution in [0.3, 0.4) is 0 Å². The van der Waals surface area contributed by atoms with Crippen molar-refractivity contribution in [1.29, 1.82) is 0 Å². The maximum Gasteiger partial charge on any atom is 0.0841 e. The molecule has 1 heterocycles. The van der Waals surface area contributed by atoms with Crippen LogP contribution in [0, 0.1) is 5.92 Å². The first kappa shape index (κ1) is 9.59. The van der Waals surface area contributed by atoms with Gasteiger partial charge in [0.15, 0.2) is 0 Å². The predicted octanol–water partition coefficient (Wildman–Crippen LogP) is 2.53. The van der Waals surface area contributed by atoms with Crippen LogP contribution in [0.5, 0.6) is 0 Å². The molecule has 3 nitrogen and oxygen atoms in total. The first-order chi connectivity index (χ1) is 6.68. The summed E-state index contributed by atoms with van der Waals surface area (Å²) >= 11 is 6.00. The molecule has 1 aliphatic carbocycles. The lowest BCUT2D eigenvalue weighted by molar-refractivity contribution is 0.303. The lowest BCUT2D eigenvalue weighted by Crippen LogP contribution is -2.36. The molecule has 0 amide bonds. The van der Waals surface area contributed by atoms with E-state index in [1.54, 1.807) is 12.4 Å². The van der Waals surface area contributed by atoms with E-state index >= 15 is 0 Å². The zero-order valence-corrected chi connectivity index (χ0v) is 8.88. The van der Waals surface area contributed by atoms with Crippen LogP contribution < -0.4 is 11.1 Å². The molecule has 2 unspecified atom stereocenters. The molecule has 1 fully saturated rings. The highest BCUT2D eigenvalue weighted by Gasteiger charge is 2.27. The third-order valence-electron chi connectivity index (χ3n) is 2.88. The largest absolute Gasteiger partial charge is 0.396 e. The minimum atomic E-state index is 0.511. The van der Waals surface area contributed by atoms with E-state index in [1.165, 1.54) is 12.8 Å². The van der Waals surface area contributed by atoms with Gasteiger partial charge in [0.1, 0.15) is 0 Å². The predicted molar refractivity (Wildman–Crippen MR) is 59.5 cm³/mol. The molecule has 76 valence electrons. The van der Waals surface area contributed by atoms with Gasteiger partial charge in [-0.25, -0.2) is 0 Å². The normalized spacial score (nSPS) is 25.6. The number of anilines is 2. The van der Waals surface area contributed by atoms with Gasteiger partial charge in [-0.3, -0.25) is 4.98 Å². The molecule has 0 spiro atoms. The highest BCUT2D eigenvalue weighted by Crippen LogP contribution is 2.34. The summed E-state index contributed by atoms with van der Waals surface area (Å²) in [6.07, 6.45) is 5.71. The molecular formula is C10H14ClN3. The molecular weight excluding hydrogens is 198 g/mol. The summed E-state index contributed by atoms with van der Waals surface area (Å²) in [4.78, 5) is 3.92. The highest BCUT2D eigenvalue weighted by molar-refractivity contribution is 6.33. The van der Waals surface area contributed by atoms with Gasteiger partial charge in [0.2, 0.25) is 0 Å². The number of aromatic nitrogens is 1. The van der Waals surface area contributed by atoms with Crippen molar-refractivity contribution >= 4 is 23.0 Å². The molecule has 1 saturated carbocycles. The smallest absolute Gasteiger partial charge is 0.0841 e. The number of nitrogens with two attached hydrogens (primary N) is 1. The maximum absolute atomic E-state index is 6.00. The second kappa shape index (κ2) is 3.65. The van der Waals surface area contributed by atoms with E-state index in [0.29, 0.717) is 22.7 Å². The number of halogens is 1. The molecule has 2 rings (SSSR count). The number of nitrogen functional groups attached to an aromatic ring is 1. The minimum Gasteiger partial charge on any atom is -0.396 e. The third kappa shape index (κ3) is 1.64. The number of nitrogens with one attached hydrogen (secondary N) is 1. The van der Waals surface area contributed by atoms with Crippen LogP contribution in [0.2, 0.25) is 5.02 Å². The molecule has 1 aromatic rings. The van der Waals surface area contributed by atoms with Crippen molar-refractivity contribution in [3.63, 3.8) is 0 Å². The zero-order chi connectivity index (χ0) is 10.1. The van der Waals surface area contributed by atoms with Crippen LogP contribution in [0.15, 0.2) is 12.4 Å². The van der Waals surface area contributed by atoms with Crippen molar-refractivity contribution in [3.05, 3.63) is 17.4 Å². The van der Waals surface area contributed by atoms with Gasteiger partial charge in [0.05, 0.1) is 22.6 Å². The number of rotatable bonds is 2. The van der Waals surface area contributed by atoms with Crippen molar-refractivity contribution in [2.45, 2.75) is 25.8 Å². The van der Waals surface area contributed by atoms with Gasteiger partial charge < -0.3 is 11.1 Å². The first-order valence-corrected chi connectivity index (χ1v) is 5.22. The van der Waals surface area contributed by atoms with E-state index in [1.807, 2.05) is 0 Å². The van der Waals surface area contributed by atoms with E-state index in [9.17, 15) is 0 Å². The van der Waals surface area contributed by atoms with Gasteiger partial charge in [-0.1, -0.05) is 18.5 Å². The molecule has 2 atom stereocenters. The van der Waals surface area contributed by atoms with Crippen molar-refractivity contribution in [3.8, 4) is 0 Å². The third-order valence-corrected chi connectivity index (χ3v) is 3.17. The van der Waals surface area contributed by atoms with Gasteiger partial charge in [-0.2, -0.15) is 0 Å². The number of hydrogen-bond acceptors (Lipinski definition) is 3. The summed E-state index contributed by atoms with van der Waals surface area (Å²) in [6.45, 7) is 2.23. The highest BCUT2D eigenvalue weighted by atomic mass is 35.5. The second-order valence-corrected chi connectivity index (χ2v) is 4.30. The average Bonchev–Trinajstić information content (AvgIpc) is 2.15. The molecule has 1 aliphatic rings. The SMILES string of the molecule is CC1CCC1Nc1c(N)cncc1Cl. The van der Waals surface area contributed by atoms with Crippen molar-refractivity contribution in [2.24, 2.45) is 5.92 Å². The topological polar surface area (TPSA) is 50.9 Å². The quantitative estimate of drug-likeness (QED) is 0.791. The number of hydrogen-bond donors (Lipinski definition) is 2. The van der Waals surface area contributed by atoms with E-state index in [0.717, 1.165) is 5.69 Å².